The highest BCUT2D eigenvalue weighted by atomic mass is 35.5. The number of hydrogen-bond acceptors (Lipinski definition) is 4. The van der Waals surface area contributed by atoms with E-state index in [1.807, 2.05) is 43.3 Å². The van der Waals surface area contributed by atoms with Crippen molar-refractivity contribution in [2.75, 3.05) is 26.2 Å². The summed E-state index contributed by atoms with van der Waals surface area (Å²) in [6.45, 7) is 5.88. The summed E-state index contributed by atoms with van der Waals surface area (Å²) in [6.07, 6.45) is 4.70. The van der Waals surface area contributed by atoms with Gasteiger partial charge in [-0.2, -0.15) is 0 Å². The highest BCUT2D eigenvalue weighted by molar-refractivity contribution is 6.30. The van der Waals surface area contributed by atoms with Crippen molar-refractivity contribution in [3.05, 3.63) is 100 Å². The monoisotopic (exact) mass is 489 g/mol. The minimum Gasteiger partial charge on any atom is -0.494 e. The lowest BCUT2D eigenvalue weighted by molar-refractivity contribution is -0.0254. The molecule has 5 rings (SSSR count). The van der Waals surface area contributed by atoms with E-state index in [0.717, 1.165) is 61.5 Å². The summed E-state index contributed by atoms with van der Waals surface area (Å²) in [5.41, 5.74) is 4.88. The molecule has 0 atom stereocenters. The Hall–Kier alpha value is -2.79. The fraction of sp³-hybridized carbons (Fsp3) is 0.333. The van der Waals surface area contributed by atoms with Gasteiger partial charge in [0.05, 0.1) is 12.2 Å². The zero-order chi connectivity index (χ0) is 24.3. The molecule has 3 aromatic carbocycles. The van der Waals surface area contributed by atoms with Crippen LogP contribution in [0.4, 0.5) is 0 Å². The molecule has 0 aromatic heterocycles. The van der Waals surface area contributed by atoms with Gasteiger partial charge in [-0.15, -0.1) is 0 Å². The van der Waals surface area contributed by atoms with Crippen LogP contribution in [0.1, 0.15) is 48.4 Å². The molecular formula is C30H32ClNO3. The van der Waals surface area contributed by atoms with E-state index in [9.17, 15) is 5.11 Å². The lowest BCUT2D eigenvalue weighted by Crippen LogP contribution is -2.42. The van der Waals surface area contributed by atoms with Crippen LogP contribution in [-0.2, 0) is 12.2 Å². The van der Waals surface area contributed by atoms with Crippen molar-refractivity contribution in [3.63, 3.8) is 0 Å². The van der Waals surface area contributed by atoms with E-state index in [1.54, 1.807) is 0 Å². The molecule has 3 aromatic rings. The van der Waals surface area contributed by atoms with Crippen molar-refractivity contribution in [1.29, 1.82) is 0 Å². The lowest BCUT2D eigenvalue weighted by atomic mass is 9.84. The quantitative estimate of drug-likeness (QED) is 0.433. The molecule has 0 bridgehead atoms. The fourth-order valence-corrected chi connectivity index (χ4v) is 5.24. The summed E-state index contributed by atoms with van der Waals surface area (Å²) in [6, 6.07) is 22.2. The minimum atomic E-state index is -0.772. The molecule has 1 saturated heterocycles. The first-order chi connectivity index (χ1) is 17.1. The lowest BCUT2D eigenvalue weighted by Gasteiger charge is -2.38. The number of likely N-dealkylation sites (tertiary alicyclic amines) is 1. The maximum atomic E-state index is 11.2. The number of benzene rings is 3. The molecule has 0 spiro atoms. The smallest absolute Gasteiger partial charge is 0.127 e. The number of piperidine rings is 1. The van der Waals surface area contributed by atoms with Crippen molar-refractivity contribution >= 4 is 17.2 Å². The zero-order valence-corrected chi connectivity index (χ0v) is 20.9. The third-order valence-electron chi connectivity index (χ3n) is 7.10. The molecule has 0 aliphatic carbocycles. The molecule has 0 saturated carbocycles. The van der Waals surface area contributed by atoms with Gasteiger partial charge < -0.3 is 19.5 Å². The molecule has 1 N–H and O–H groups in total. The summed E-state index contributed by atoms with van der Waals surface area (Å²) in [5, 5.41) is 11.9. The SMILES string of the molecule is CCOc1ccc2c(c1)/C(=C\CCN1CCC(O)(c3ccc(Cl)cc3)CC1)c1ccccc1CO2. The number of fused-ring (bicyclic) bond motifs is 2. The Morgan fingerprint density at radius 2 is 1.80 bits per heavy atom. The molecule has 2 aliphatic heterocycles. The molecule has 0 unspecified atom stereocenters. The van der Waals surface area contributed by atoms with Gasteiger partial charge in [0, 0.05) is 30.2 Å². The standard InChI is InChI=1S/C30H32ClNO3/c1-2-34-25-13-14-29-28(20-25)27(26-7-4-3-6-22(26)21-35-29)8-5-17-32-18-15-30(33,16-19-32)23-9-11-24(31)12-10-23/h3-4,6-14,20,33H,2,5,15-19,21H2,1H3/b27-8-. The van der Waals surface area contributed by atoms with Crippen molar-refractivity contribution in [2.24, 2.45) is 0 Å². The summed E-state index contributed by atoms with van der Waals surface area (Å²) in [7, 11) is 0. The zero-order valence-electron chi connectivity index (χ0n) is 20.2. The Morgan fingerprint density at radius 3 is 2.57 bits per heavy atom. The van der Waals surface area contributed by atoms with Crippen molar-refractivity contribution in [2.45, 2.75) is 38.4 Å². The van der Waals surface area contributed by atoms with Gasteiger partial charge in [0.15, 0.2) is 0 Å². The molecule has 0 amide bonds. The molecule has 2 heterocycles. The molecule has 1 fully saturated rings. The third-order valence-corrected chi connectivity index (χ3v) is 7.35. The van der Waals surface area contributed by atoms with Gasteiger partial charge >= 0.3 is 0 Å². The number of hydrogen-bond donors (Lipinski definition) is 1. The minimum absolute atomic E-state index is 0.559. The largest absolute Gasteiger partial charge is 0.494 e. The average molecular weight is 490 g/mol. The van der Waals surface area contributed by atoms with Crippen molar-refractivity contribution in [3.8, 4) is 11.5 Å². The third kappa shape index (κ3) is 5.25. The molecule has 5 heteroatoms. The van der Waals surface area contributed by atoms with Gasteiger partial charge in [0.1, 0.15) is 18.1 Å². The predicted octanol–water partition coefficient (Wildman–Crippen LogP) is 6.44. The van der Waals surface area contributed by atoms with Gasteiger partial charge in [-0.1, -0.05) is 54.1 Å². The van der Waals surface area contributed by atoms with Gasteiger partial charge in [0.2, 0.25) is 0 Å². The van der Waals surface area contributed by atoms with Crippen LogP contribution in [0.5, 0.6) is 11.5 Å². The summed E-state index contributed by atoms with van der Waals surface area (Å²) >= 11 is 6.03. The Bertz CT molecular complexity index is 1200. The normalized spacial score (nSPS) is 18.3. The van der Waals surface area contributed by atoms with Crippen LogP contribution in [0.2, 0.25) is 5.02 Å². The molecule has 4 nitrogen and oxygen atoms in total. The van der Waals surface area contributed by atoms with Crippen LogP contribution < -0.4 is 9.47 Å². The van der Waals surface area contributed by atoms with E-state index < -0.39 is 5.60 Å². The van der Waals surface area contributed by atoms with Gasteiger partial charge in [-0.05, 0) is 78.8 Å². The maximum Gasteiger partial charge on any atom is 0.127 e. The predicted molar refractivity (Wildman–Crippen MR) is 141 cm³/mol. The first-order valence-corrected chi connectivity index (χ1v) is 12.8. The first-order valence-electron chi connectivity index (χ1n) is 12.4. The first kappa shape index (κ1) is 23.9. The van der Waals surface area contributed by atoms with E-state index in [2.05, 4.69) is 41.3 Å². The molecule has 0 radical (unpaired) electrons. The second-order valence-electron chi connectivity index (χ2n) is 9.32. The van der Waals surface area contributed by atoms with Crippen LogP contribution in [0.25, 0.3) is 5.57 Å². The van der Waals surface area contributed by atoms with E-state index in [-0.39, 0.29) is 0 Å². The number of aliphatic hydroxyl groups is 1. The Morgan fingerprint density at radius 1 is 1.03 bits per heavy atom. The van der Waals surface area contributed by atoms with Crippen LogP contribution in [0, 0.1) is 0 Å². The Kier molecular flexibility index (Phi) is 7.14. The van der Waals surface area contributed by atoms with Crippen molar-refractivity contribution in [1.82, 2.24) is 4.90 Å². The molecule has 2 aliphatic rings. The number of ether oxygens (including phenoxy) is 2. The number of rotatable bonds is 6. The number of halogens is 1. The van der Waals surface area contributed by atoms with Gasteiger partial charge in [-0.25, -0.2) is 0 Å². The van der Waals surface area contributed by atoms with E-state index >= 15 is 0 Å². The Labute approximate surface area is 212 Å². The van der Waals surface area contributed by atoms with Gasteiger partial charge in [-0.3, -0.25) is 0 Å². The molecule has 35 heavy (non-hydrogen) atoms. The Balaban J connectivity index is 1.32. The van der Waals surface area contributed by atoms with Crippen LogP contribution >= 0.6 is 11.6 Å². The highest BCUT2D eigenvalue weighted by Gasteiger charge is 2.33. The highest BCUT2D eigenvalue weighted by Crippen LogP contribution is 2.39. The topological polar surface area (TPSA) is 41.9 Å². The van der Waals surface area contributed by atoms with Crippen LogP contribution in [-0.4, -0.2) is 36.2 Å². The van der Waals surface area contributed by atoms with E-state index in [4.69, 9.17) is 21.1 Å². The van der Waals surface area contributed by atoms with Crippen LogP contribution in [0.3, 0.4) is 0 Å². The fourth-order valence-electron chi connectivity index (χ4n) is 5.12. The summed E-state index contributed by atoms with van der Waals surface area (Å²) in [4.78, 5) is 2.44. The second-order valence-corrected chi connectivity index (χ2v) is 9.76. The second kappa shape index (κ2) is 10.4. The molecular weight excluding hydrogens is 458 g/mol. The van der Waals surface area contributed by atoms with Crippen LogP contribution in [0.15, 0.2) is 72.8 Å². The number of nitrogens with zero attached hydrogens (tertiary/aromatic N) is 1. The summed E-state index contributed by atoms with van der Waals surface area (Å²) in [5.74, 6) is 1.75. The molecule has 182 valence electrons. The summed E-state index contributed by atoms with van der Waals surface area (Å²) < 4.78 is 12.0. The van der Waals surface area contributed by atoms with Gasteiger partial charge in [0.25, 0.3) is 0 Å². The maximum absolute atomic E-state index is 11.2. The van der Waals surface area contributed by atoms with E-state index in [0.29, 0.717) is 18.2 Å². The van der Waals surface area contributed by atoms with E-state index in [1.165, 1.54) is 16.7 Å². The van der Waals surface area contributed by atoms with Crippen molar-refractivity contribution < 1.29 is 14.6 Å². The average Bonchev–Trinajstić information content (AvgIpc) is 3.03.